The Morgan fingerprint density at radius 2 is 1.76 bits per heavy atom. The van der Waals surface area contributed by atoms with Gasteiger partial charge in [0.05, 0.1) is 24.2 Å². The number of ether oxygens (including phenoxy) is 2. The molecule has 0 radical (unpaired) electrons. The van der Waals surface area contributed by atoms with Crippen molar-refractivity contribution >= 4 is 17.1 Å². The Balaban J connectivity index is 1.59. The third-order valence-corrected chi connectivity index (χ3v) is 6.93. The SMILES string of the molecule is COc1ccc(-c2ccc(-n3c(=O)n(C(=O)O)c4cccc(C(C)(C)C)c43)nc2)cc1OC1CCCC1. The van der Waals surface area contributed by atoms with E-state index < -0.39 is 11.8 Å². The number of carboxylic acid groups (broad SMARTS) is 1. The number of rotatable bonds is 5. The fourth-order valence-corrected chi connectivity index (χ4v) is 5.07. The molecule has 4 aromatic rings. The number of imidazole rings is 1. The Bertz CT molecular complexity index is 1520. The molecule has 2 heterocycles. The van der Waals surface area contributed by atoms with Crippen molar-refractivity contribution in [3.05, 3.63) is 70.8 Å². The average Bonchev–Trinajstić information content (AvgIpc) is 3.48. The van der Waals surface area contributed by atoms with Gasteiger partial charge in [-0.15, -0.1) is 0 Å². The molecule has 1 aliphatic carbocycles. The number of carbonyl (C=O) groups is 1. The van der Waals surface area contributed by atoms with Crippen LogP contribution in [0.3, 0.4) is 0 Å². The maximum Gasteiger partial charge on any atom is 0.420 e. The first-order chi connectivity index (χ1) is 17.7. The minimum atomic E-state index is -1.33. The summed E-state index contributed by atoms with van der Waals surface area (Å²) in [6.45, 7) is 6.08. The van der Waals surface area contributed by atoms with Gasteiger partial charge in [0.1, 0.15) is 5.82 Å². The maximum atomic E-state index is 13.3. The van der Waals surface area contributed by atoms with Gasteiger partial charge in [0.2, 0.25) is 0 Å². The van der Waals surface area contributed by atoms with Crippen molar-refractivity contribution < 1.29 is 19.4 Å². The van der Waals surface area contributed by atoms with Gasteiger partial charge in [-0.1, -0.05) is 39.0 Å². The number of fused-ring (bicyclic) bond motifs is 1. The second-order valence-corrected chi connectivity index (χ2v) is 10.5. The summed E-state index contributed by atoms with van der Waals surface area (Å²) in [5.41, 5.74) is 2.49. The standard InChI is InChI=1S/C29H31N3O5/c1-29(2,3)21-10-7-11-22-26(21)32(27(33)31(22)28(34)35)25-15-13-19(17-30-25)18-12-14-23(36-4)24(16-18)37-20-8-5-6-9-20/h7,10-17,20H,5-6,8-9H2,1-4H3,(H,34,35). The number of hydrogen-bond acceptors (Lipinski definition) is 5. The van der Waals surface area contributed by atoms with E-state index in [-0.39, 0.29) is 11.5 Å². The Hall–Kier alpha value is -4.07. The lowest BCUT2D eigenvalue weighted by Gasteiger charge is -2.21. The Morgan fingerprint density at radius 1 is 1.03 bits per heavy atom. The predicted molar refractivity (Wildman–Crippen MR) is 142 cm³/mol. The van der Waals surface area contributed by atoms with Crippen molar-refractivity contribution in [2.75, 3.05) is 7.11 Å². The van der Waals surface area contributed by atoms with Crippen molar-refractivity contribution in [2.24, 2.45) is 0 Å². The van der Waals surface area contributed by atoms with Gasteiger partial charge in [-0.05, 0) is 72.6 Å². The third kappa shape index (κ3) is 4.48. The van der Waals surface area contributed by atoms with Gasteiger partial charge in [-0.25, -0.2) is 19.1 Å². The van der Waals surface area contributed by atoms with Gasteiger partial charge in [-0.3, -0.25) is 0 Å². The topological polar surface area (TPSA) is 95.6 Å². The molecule has 192 valence electrons. The number of para-hydroxylation sites is 1. The summed E-state index contributed by atoms with van der Waals surface area (Å²) in [6.07, 6.45) is 4.98. The molecule has 0 spiro atoms. The molecular weight excluding hydrogens is 470 g/mol. The molecule has 5 rings (SSSR count). The summed E-state index contributed by atoms with van der Waals surface area (Å²) < 4.78 is 13.9. The number of benzene rings is 2. The van der Waals surface area contributed by atoms with E-state index in [0.29, 0.717) is 28.4 Å². The smallest absolute Gasteiger partial charge is 0.420 e. The van der Waals surface area contributed by atoms with Crippen LogP contribution in [-0.2, 0) is 5.41 Å². The highest BCUT2D eigenvalue weighted by Crippen LogP contribution is 2.36. The molecule has 8 nitrogen and oxygen atoms in total. The van der Waals surface area contributed by atoms with E-state index >= 15 is 0 Å². The average molecular weight is 502 g/mol. The monoisotopic (exact) mass is 501 g/mol. The Labute approximate surface area is 215 Å². The summed E-state index contributed by atoms with van der Waals surface area (Å²) in [4.78, 5) is 29.9. The number of hydrogen-bond donors (Lipinski definition) is 1. The molecule has 2 aromatic carbocycles. The largest absolute Gasteiger partial charge is 0.493 e. The zero-order chi connectivity index (χ0) is 26.3. The van der Waals surface area contributed by atoms with E-state index in [0.717, 1.165) is 34.1 Å². The van der Waals surface area contributed by atoms with Crippen molar-refractivity contribution in [1.82, 2.24) is 14.1 Å². The molecule has 1 saturated carbocycles. The minimum absolute atomic E-state index is 0.195. The molecule has 37 heavy (non-hydrogen) atoms. The molecule has 2 aromatic heterocycles. The van der Waals surface area contributed by atoms with E-state index in [1.54, 1.807) is 31.5 Å². The van der Waals surface area contributed by atoms with Gasteiger partial charge >= 0.3 is 11.8 Å². The highest BCUT2D eigenvalue weighted by Gasteiger charge is 2.26. The van der Waals surface area contributed by atoms with Crippen LogP contribution in [0.2, 0.25) is 0 Å². The molecule has 1 N–H and O–H groups in total. The molecule has 0 bridgehead atoms. The van der Waals surface area contributed by atoms with E-state index in [1.807, 2.05) is 51.1 Å². The Kier molecular flexibility index (Phi) is 6.27. The van der Waals surface area contributed by atoms with Crippen molar-refractivity contribution in [2.45, 2.75) is 58.0 Å². The Morgan fingerprint density at radius 3 is 2.38 bits per heavy atom. The predicted octanol–water partition coefficient (Wildman–Crippen LogP) is 6.01. The second kappa shape index (κ2) is 9.42. The maximum absolute atomic E-state index is 13.3. The lowest BCUT2D eigenvalue weighted by molar-refractivity contribution is 0.196. The summed E-state index contributed by atoms with van der Waals surface area (Å²) in [5, 5.41) is 9.79. The van der Waals surface area contributed by atoms with Gasteiger partial charge in [0.25, 0.3) is 0 Å². The molecule has 0 amide bonds. The molecule has 0 aliphatic heterocycles. The normalized spacial score (nSPS) is 14.3. The van der Waals surface area contributed by atoms with E-state index in [2.05, 4.69) is 4.98 Å². The number of pyridine rings is 1. The van der Waals surface area contributed by atoms with E-state index in [9.17, 15) is 14.7 Å². The molecule has 1 aliphatic rings. The molecule has 8 heteroatoms. The van der Waals surface area contributed by atoms with Crippen LogP contribution in [0.25, 0.3) is 28.0 Å². The number of nitrogens with zero attached hydrogens (tertiary/aromatic N) is 3. The summed E-state index contributed by atoms with van der Waals surface area (Å²) in [6, 6.07) is 14.7. The quantitative estimate of drug-likeness (QED) is 0.360. The van der Waals surface area contributed by atoms with Crippen LogP contribution in [-0.4, -0.2) is 38.5 Å². The molecule has 1 fully saturated rings. The van der Waals surface area contributed by atoms with Crippen LogP contribution < -0.4 is 15.2 Å². The highest BCUT2D eigenvalue weighted by atomic mass is 16.5. The first-order valence-electron chi connectivity index (χ1n) is 12.5. The van der Waals surface area contributed by atoms with Crippen molar-refractivity contribution in [3.63, 3.8) is 0 Å². The van der Waals surface area contributed by atoms with Crippen molar-refractivity contribution in [3.8, 4) is 28.4 Å². The van der Waals surface area contributed by atoms with Gasteiger partial charge < -0.3 is 14.6 Å². The van der Waals surface area contributed by atoms with Gasteiger partial charge in [0, 0.05) is 11.8 Å². The fourth-order valence-electron chi connectivity index (χ4n) is 5.07. The van der Waals surface area contributed by atoms with Crippen LogP contribution in [0, 0.1) is 0 Å². The van der Waals surface area contributed by atoms with Crippen molar-refractivity contribution in [1.29, 1.82) is 0 Å². The lowest BCUT2D eigenvalue weighted by atomic mass is 9.86. The molecule has 0 unspecified atom stereocenters. The van der Waals surface area contributed by atoms with Crippen LogP contribution in [0.4, 0.5) is 4.79 Å². The summed E-state index contributed by atoms with van der Waals surface area (Å²) >= 11 is 0. The van der Waals surface area contributed by atoms with Crippen LogP contribution in [0.5, 0.6) is 11.5 Å². The van der Waals surface area contributed by atoms with Gasteiger partial charge in [0.15, 0.2) is 11.5 Å². The zero-order valence-corrected chi connectivity index (χ0v) is 21.5. The minimum Gasteiger partial charge on any atom is -0.493 e. The van der Waals surface area contributed by atoms with E-state index in [1.165, 1.54) is 17.4 Å². The first-order valence-corrected chi connectivity index (χ1v) is 12.5. The fraction of sp³-hybridized carbons (Fsp3) is 0.345. The number of methoxy groups -OCH3 is 1. The zero-order valence-electron chi connectivity index (χ0n) is 21.5. The van der Waals surface area contributed by atoms with Crippen LogP contribution >= 0.6 is 0 Å². The first kappa shape index (κ1) is 24.6. The molecule has 0 saturated heterocycles. The van der Waals surface area contributed by atoms with Crippen LogP contribution in [0.1, 0.15) is 52.0 Å². The molecular formula is C29H31N3O5. The summed E-state index contributed by atoms with van der Waals surface area (Å²) in [5.74, 6) is 1.74. The summed E-state index contributed by atoms with van der Waals surface area (Å²) in [7, 11) is 1.63. The second-order valence-electron chi connectivity index (χ2n) is 10.5. The molecule has 0 atom stereocenters. The number of aromatic nitrogens is 3. The van der Waals surface area contributed by atoms with E-state index in [4.69, 9.17) is 9.47 Å². The van der Waals surface area contributed by atoms with Gasteiger partial charge in [-0.2, -0.15) is 4.57 Å². The van der Waals surface area contributed by atoms with Crippen LogP contribution in [0.15, 0.2) is 59.5 Å². The third-order valence-electron chi connectivity index (χ3n) is 6.93. The highest BCUT2D eigenvalue weighted by molar-refractivity contribution is 5.89. The lowest BCUT2D eigenvalue weighted by Crippen LogP contribution is -2.28.